The maximum Gasteiger partial charge on any atom is 0.255 e. The predicted molar refractivity (Wildman–Crippen MR) is 127 cm³/mol. The summed E-state index contributed by atoms with van der Waals surface area (Å²) in [4.78, 5) is 12.4. The number of carbonyl (C=O) groups is 1. The smallest absolute Gasteiger partial charge is 0.255 e. The highest BCUT2D eigenvalue weighted by atomic mass is 16.3. The van der Waals surface area contributed by atoms with Gasteiger partial charge in [-0.15, -0.1) is 10.2 Å². The van der Waals surface area contributed by atoms with E-state index in [0.717, 1.165) is 16.5 Å². The van der Waals surface area contributed by atoms with Crippen LogP contribution in [0, 0.1) is 20.8 Å². The number of amides is 1. The lowest BCUT2D eigenvalue weighted by Gasteiger charge is -2.11. The Kier molecular flexibility index (Phi) is 5.60. The first-order valence-corrected chi connectivity index (χ1v) is 10.2. The second-order valence-corrected chi connectivity index (χ2v) is 7.77. The van der Waals surface area contributed by atoms with E-state index in [1.165, 1.54) is 0 Å². The molecule has 0 aromatic heterocycles. The van der Waals surface area contributed by atoms with Gasteiger partial charge in [-0.2, -0.15) is 0 Å². The van der Waals surface area contributed by atoms with Gasteiger partial charge in [0.2, 0.25) is 0 Å². The zero-order chi connectivity index (χ0) is 22.8. The third-order valence-electron chi connectivity index (χ3n) is 5.42. The molecule has 0 saturated carbocycles. The largest absolute Gasteiger partial charge is 0.506 e. The van der Waals surface area contributed by atoms with E-state index in [0.29, 0.717) is 33.6 Å². The van der Waals surface area contributed by atoms with Crippen molar-refractivity contribution in [2.45, 2.75) is 20.8 Å². The number of hydrogen-bond donors (Lipinski definition) is 3. The first-order chi connectivity index (χ1) is 15.3. The van der Waals surface area contributed by atoms with Crippen LogP contribution in [0.25, 0.3) is 10.8 Å². The number of aryl methyl sites for hydroxylation is 3. The third kappa shape index (κ3) is 4.16. The van der Waals surface area contributed by atoms with Crippen LogP contribution >= 0.6 is 0 Å². The number of phenolic OH excluding ortho intramolecular Hbond substituents is 2. The van der Waals surface area contributed by atoms with Gasteiger partial charge < -0.3 is 15.5 Å². The maximum absolute atomic E-state index is 12.4. The summed E-state index contributed by atoms with van der Waals surface area (Å²) in [6, 6.07) is 19.5. The van der Waals surface area contributed by atoms with E-state index in [2.05, 4.69) is 15.5 Å². The molecular formula is C26H23N3O3. The van der Waals surface area contributed by atoms with Crippen LogP contribution in [0.3, 0.4) is 0 Å². The summed E-state index contributed by atoms with van der Waals surface area (Å²) < 4.78 is 0. The van der Waals surface area contributed by atoms with Crippen molar-refractivity contribution in [2.24, 2.45) is 10.2 Å². The first-order valence-electron chi connectivity index (χ1n) is 10.2. The highest BCUT2D eigenvalue weighted by molar-refractivity contribution is 6.05. The van der Waals surface area contributed by atoms with Gasteiger partial charge in [-0.25, -0.2) is 0 Å². The number of benzene rings is 4. The van der Waals surface area contributed by atoms with Gasteiger partial charge in [0.25, 0.3) is 5.91 Å². The molecule has 1 amide bonds. The molecule has 0 heterocycles. The molecule has 0 aliphatic carbocycles. The lowest BCUT2D eigenvalue weighted by Crippen LogP contribution is -2.11. The number of hydrogen-bond acceptors (Lipinski definition) is 5. The first kappa shape index (κ1) is 21.1. The van der Waals surface area contributed by atoms with Crippen LogP contribution in [-0.2, 0) is 0 Å². The lowest BCUT2D eigenvalue weighted by molar-refractivity contribution is 0.102. The van der Waals surface area contributed by atoms with E-state index >= 15 is 0 Å². The maximum atomic E-state index is 12.4. The molecule has 6 nitrogen and oxygen atoms in total. The minimum absolute atomic E-state index is 0.00647. The number of phenols is 2. The Bertz CT molecular complexity index is 1360. The molecule has 0 bridgehead atoms. The highest BCUT2D eigenvalue weighted by Gasteiger charge is 2.13. The fourth-order valence-corrected chi connectivity index (χ4v) is 3.48. The van der Waals surface area contributed by atoms with Crippen molar-refractivity contribution in [1.82, 2.24) is 0 Å². The topological polar surface area (TPSA) is 94.3 Å². The molecule has 0 saturated heterocycles. The quantitative estimate of drug-likeness (QED) is 0.312. The van der Waals surface area contributed by atoms with Crippen LogP contribution in [0.1, 0.15) is 27.0 Å². The number of rotatable bonds is 4. The number of azo groups is 1. The normalized spacial score (nSPS) is 11.2. The van der Waals surface area contributed by atoms with Crippen molar-refractivity contribution in [3.63, 3.8) is 0 Å². The van der Waals surface area contributed by atoms with Crippen LogP contribution in [0.2, 0.25) is 0 Å². The van der Waals surface area contributed by atoms with Crippen molar-refractivity contribution in [3.05, 3.63) is 89.0 Å². The molecule has 4 rings (SSSR count). The average molecular weight is 425 g/mol. The van der Waals surface area contributed by atoms with Gasteiger partial charge >= 0.3 is 0 Å². The number of carbonyl (C=O) groups excluding carboxylic acids is 1. The Balaban J connectivity index is 1.66. The van der Waals surface area contributed by atoms with Gasteiger partial charge in [0, 0.05) is 16.6 Å². The summed E-state index contributed by atoms with van der Waals surface area (Å²) in [6.07, 6.45) is 0. The summed E-state index contributed by atoms with van der Waals surface area (Å²) in [5, 5.41) is 33.6. The second-order valence-electron chi connectivity index (χ2n) is 7.77. The predicted octanol–water partition coefficient (Wildman–Crippen LogP) is 6.84. The van der Waals surface area contributed by atoms with E-state index in [9.17, 15) is 15.0 Å². The molecule has 4 aromatic rings. The summed E-state index contributed by atoms with van der Waals surface area (Å²) in [7, 11) is 0. The molecule has 4 aromatic carbocycles. The molecule has 6 heteroatoms. The minimum Gasteiger partial charge on any atom is -0.506 e. The van der Waals surface area contributed by atoms with Crippen LogP contribution in [0.4, 0.5) is 17.1 Å². The Morgan fingerprint density at radius 1 is 0.812 bits per heavy atom. The molecule has 0 fully saturated rings. The van der Waals surface area contributed by atoms with Gasteiger partial charge in [0.15, 0.2) is 5.75 Å². The summed E-state index contributed by atoms with van der Waals surface area (Å²) in [5.41, 5.74) is 4.52. The van der Waals surface area contributed by atoms with E-state index in [4.69, 9.17) is 0 Å². The Labute approximate surface area is 185 Å². The number of nitrogens with zero attached hydrogens (tertiary/aromatic N) is 2. The van der Waals surface area contributed by atoms with Crippen LogP contribution in [0.15, 0.2) is 77.0 Å². The van der Waals surface area contributed by atoms with Gasteiger partial charge in [0.05, 0.1) is 0 Å². The number of fused-ring (bicyclic) bond motifs is 1. The number of anilines is 1. The fourth-order valence-electron chi connectivity index (χ4n) is 3.48. The van der Waals surface area contributed by atoms with E-state index < -0.39 is 0 Å². The van der Waals surface area contributed by atoms with Crippen LogP contribution < -0.4 is 5.32 Å². The number of nitrogens with one attached hydrogen (secondary N) is 1. The second kappa shape index (κ2) is 8.51. The van der Waals surface area contributed by atoms with Crippen LogP contribution in [-0.4, -0.2) is 16.1 Å². The van der Waals surface area contributed by atoms with Crippen molar-refractivity contribution < 1.29 is 15.0 Å². The molecule has 160 valence electrons. The zero-order valence-corrected chi connectivity index (χ0v) is 18.0. The highest BCUT2D eigenvalue weighted by Crippen LogP contribution is 2.40. The lowest BCUT2D eigenvalue weighted by atomic mass is 10.0. The average Bonchev–Trinajstić information content (AvgIpc) is 2.77. The van der Waals surface area contributed by atoms with Gasteiger partial charge in [0.1, 0.15) is 17.1 Å². The van der Waals surface area contributed by atoms with E-state index in [1.807, 2.05) is 45.0 Å². The summed E-state index contributed by atoms with van der Waals surface area (Å²) >= 11 is 0. The third-order valence-corrected chi connectivity index (χ3v) is 5.42. The summed E-state index contributed by atoms with van der Waals surface area (Å²) in [6.45, 7) is 5.66. The standard InChI is InChI=1S/C26H23N3O3/c1-15-12-22(23(30)13-16(15)2)28-29-24-17(3)11-19-14-20(9-10-21(19)25(24)31)27-26(32)18-7-5-4-6-8-18/h4-14,30-31H,1-3H3,(H,27,32). The van der Waals surface area contributed by atoms with Crippen molar-refractivity contribution in [1.29, 1.82) is 0 Å². The van der Waals surface area contributed by atoms with Crippen molar-refractivity contribution in [3.8, 4) is 11.5 Å². The molecule has 0 atom stereocenters. The van der Waals surface area contributed by atoms with Crippen molar-refractivity contribution >= 4 is 33.7 Å². The number of aromatic hydroxyl groups is 2. The molecule has 0 aliphatic heterocycles. The SMILES string of the molecule is Cc1cc(O)c(N=Nc2c(C)cc3cc(NC(=O)c4ccccc4)ccc3c2O)cc1C. The van der Waals surface area contributed by atoms with Crippen molar-refractivity contribution in [2.75, 3.05) is 5.32 Å². The zero-order valence-electron chi connectivity index (χ0n) is 18.0. The van der Waals surface area contributed by atoms with Gasteiger partial charge in [-0.3, -0.25) is 4.79 Å². The molecular weight excluding hydrogens is 402 g/mol. The Morgan fingerprint density at radius 2 is 1.53 bits per heavy atom. The fraction of sp³-hybridized carbons (Fsp3) is 0.115. The minimum atomic E-state index is -0.204. The van der Waals surface area contributed by atoms with Gasteiger partial charge in [-0.1, -0.05) is 18.2 Å². The van der Waals surface area contributed by atoms with E-state index in [-0.39, 0.29) is 17.4 Å². The molecule has 32 heavy (non-hydrogen) atoms. The molecule has 0 aliphatic rings. The van der Waals surface area contributed by atoms with E-state index in [1.54, 1.807) is 42.5 Å². The Hall–Kier alpha value is -4.19. The monoisotopic (exact) mass is 425 g/mol. The summed E-state index contributed by atoms with van der Waals surface area (Å²) in [5.74, 6) is -0.175. The molecule has 3 N–H and O–H groups in total. The Morgan fingerprint density at radius 3 is 2.28 bits per heavy atom. The molecule has 0 spiro atoms. The van der Waals surface area contributed by atoms with Crippen LogP contribution in [0.5, 0.6) is 11.5 Å². The molecule has 0 unspecified atom stereocenters. The van der Waals surface area contributed by atoms with Gasteiger partial charge in [-0.05, 0) is 91.4 Å². The molecule has 0 radical (unpaired) electrons.